The summed E-state index contributed by atoms with van der Waals surface area (Å²) in [6.07, 6.45) is 0.756. The maximum Gasteiger partial charge on any atom is 0.245 e. The number of Topliss-reactive ketones (excluding diaryl/α,β-unsaturated/α-hetero) is 1. The van der Waals surface area contributed by atoms with Gasteiger partial charge >= 0.3 is 0 Å². The van der Waals surface area contributed by atoms with Gasteiger partial charge in [0.1, 0.15) is 17.3 Å². The first-order chi connectivity index (χ1) is 15.6. The second-order valence-corrected chi connectivity index (χ2v) is 10.1. The normalized spacial score (nSPS) is 23.4. The molecule has 2 aromatic rings. The minimum Gasteiger partial charge on any atom is -0.384 e. The van der Waals surface area contributed by atoms with Crippen molar-refractivity contribution in [1.82, 2.24) is 0 Å². The molecule has 3 N–H and O–H groups in total. The molecule has 0 bridgehead atoms. The zero-order chi connectivity index (χ0) is 23.7. The van der Waals surface area contributed by atoms with Crippen LogP contribution in [0.1, 0.15) is 37.8 Å². The summed E-state index contributed by atoms with van der Waals surface area (Å²) in [6, 6.07) is 14.9. The van der Waals surface area contributed by atoms with Crippen molar-refractivity contribution >= 4 is 34.7 Å². The van der Waals surface area contributed by atoms with Crippen molar-refractivity contribution in [3.05, 3.63) is 81.3 Å². The maximum absolute atomic E-state index is 13.8. The van der Waals surface area contributed by atoms with E-state index in [9.17, 15) is 14.9 Å². The average molecular weight is 459 g/mol. The quantitative estimate of drug-likeness (QED) is 0.645. The number of aryl methyl sites for hydroxylation is 1. The molecule has 2 heterocycles. The molecule has 1 spiro atoms. The van der Waals surface area contributed by atoms with Crippen molar-refractivity contribution in [2.24, 2.45) is 11.1 Å². The molecule has 1 aliphatic carbocycles. The fourth-order valence-electron chi connectivity index (χ4n) is 5.44. The molecule has 0 radical (unpaired) electrons. The largest absolute Gasteiger partial charge is 0.384 e. The Bertz CT molecular complexity index is 1360. The number of amides is 1. The van der Waals surface area contributed by atoms with E-state index in [1.54, 1.807) is 29.2 Å². The van der Waals surface area contributed by atoms with E-state index in [4.69, 9.17) is 17.3 Å². The Balaban J connectivity index is 1.93. The topological polar surface area (TPSA) is 99.2 Å². The highest BCUT2D eigenvalue weighted by atomic mass is 35.5. The third-order valence-corrected chi connectivity index (χ3v) is 7.06. The first-order valence-corrected chi connectivity index (χ1v) is 11.1. The van der Waals surface area contributed by atoms with E-state index in [1.807, 2.05) is 39.0 Å². The summed E-state index contributed by atoms with van der Waals surface area (Å²) in [7, 11) is 0. The Kier molecular flexibility index (Phi) is 4.50. The summed E-state index contributed by atoms with van der Waals surface area (Å²) in [6.45, 7) is 5.94. The second kappa shape index (κ2) is 6.97. The SMILES string of the molecule is Cc1ccc2c(c1)C1(C(=O)N2)C(C#N)=C(N)N(c2ccccc2Cl)C2=C1C(=O)CC(C)(C)C2. The average Bonchev–Trinajstić information content (AvgIpc) is 3.00. The number of carbonyl (C=O) groups excluding carboxylic acids is 2. The minimum absolute atomic E-state index is 0.0380. The molecule has 33 heavy (non-hydrogen) atoms. The van der Waals surface area contributed by atoms with Gasteiger partial charge in [-0.3, -0.25) is 14.5 Å². The molecular formula is C26H23ClN4O2. The highest BCUT2D eigenvalue weighted by Gasteiger charge is 2.61. The molecule has 1 unspecified atom stereocenters. The number of ketones is 1. The Morgan fingerprint density at radius 3 is 2.58 bits per heavy atom. The van der Waals surface area contributed by atoms with Gasteiger partial charge in [0.25, 0.3) is 0 Å². The fourth-order valence-corrected chi connectivity index (χ4v) is 5.66. The molecule has 0 fully saturated rings. The van der Waals surface area contributed by atoms with Gasteiger partial charge in [0.15, 0.2) is 5.78 Å². The molecule has 0 saturated heterocycles. The van der Waals surface area contributed by atoms with Gasteiger partial charge in [0.2, 0.25) is 5.91 Å². The number of nitriles is 1. The van der Waals surface area contributed by atoms with Gasteiger partial charge < -0.3 is 11.1 Å². The van der Waals surface area contributed by atoms with E-state index in [-0.39, 0.29) is 29.0 Å². The predicted molar refractivity (Wildman–Crippen MR) is 127 cm³/mol. The van der Waals surface area contributed by atoms with Crippen molar-refractivity contribution < 1.29 is 9.59 Å². The van der Waals surface area contributed by atoms with Crippen LogP contribution in [0.25, 0.3) is 0 Å². The lowest BCUT2D eigenvalue weighted by Crippen LogP contribution is -2.52. The lowest BCUT2D eigenvalue weighted by atomic mass is 9.60. The molecule has 7 heteroatoms. The number of fused-ring (bicyclic) bond motifs is 3. The summed E-state index contributed by atoms with van der Waals surface area (Å²) in [5.41, 5.74) is 8.38. The molecule has 166 valence electrons. The molecule has 1 amide bonds. The van der Waals surface area contributed by atoms with Gasteiger partial charge in [-0.25, -0.2) is 0 Å². The van der Waals surface area contributed by atoms with E-state index < -0.39 is 11.3 Å². The maximum atomic E-state index is 13.8. The first-order valence-electron chi connectivity index (χ1n) is 10.8. The van der Waals surface area contributed by atoms with E-state index >= 15 is 0 Å². The number of carbonyl (C=O) groups is 2. The van der Waals surface area contributed by atoms with Gasteiger partial charge in [0, 0.05) is 28.9 Å². The lowest BCUT2D eigenvalue weighted by molar-refractivity contribution is -0.123. The zero-order valence-electron chi connectivity index (χ0n) is 18.6. The highest BCUT2D eigenvalue weighted by Crippen LogP contribution is 2.57. The summed E-state index contributed by atoms with van der Waals surface area (Å²) in [5.74, 6) is -0.482. The minimum atomic E-state index is -1.58. The molecule has 2 aliphatic heterocycles. The Morgan fingerprint density at radius 2 is 1.88 bits per heavy atom. The summed E-state index contributed by atoms with van der Waals surface area (Å²) in [4.78, 5) is 29.2. The number of benzene rings is 2. The Hall–Kier alpha value is -3.56. The van der Waals surface area contributed by atoms with Gasteiger partial charge in [-0.15, -0.1) is 0 Å². The van der Waals surface area contributed by atoms with Crippen LogP contribution in [0.5, 0.6) is 0 Å². The number of anilines is 2. The lowest BCUT2D eigenvalue weighted by Gasteiger charge is -2.46. The van der Waals surface area contributed by atoms with E-state index in [0.29, 0.717) is 39.7 Å². The third-order valence-electron chi connectivity index (χ3n) is 6.74. The number of nitrogens with two attached hydrogens (primary N) is 1. The van der Waals surface area contributed by atoms with Gasteiger partial charge in [-0.1, -0.05) is 55.3 Å². The molecule has 0 saturated carbocycles. The fraction of sp³-hybridized carbons (Fsp3) is 0.269. The zero-order valence-corrected chi connectivity index (χ0v) is 19.4. The van der Waals surface area contributed by atoms with Crippen molar-refractivity contribution in [3.63, 3.8) is 0 Å². The Morgan fingerprint density at radius 1 is 1.15 bits per heavy atom. The summed E-state index contributed by atoms with van der Waals surface area (Å²) in [5, 5.41) is 13.7. The molecule has 6 nitrogen and oxygen atoms in total. The molecule has 2 aromatic carbocycles. The molecule has 5 rings (SSSR count). The number of hydrogen-bond acceptors (Lipinski definition) is 5. The van der Waals surface area contributed by atoms with Crippen LogP contribution < -0.4 is 16.0 Å². The van der Waals surface area contributed by atoms with Crippen LogP contribution in [0.15, 0.2) is 65.1 Å². The van der Waals surface area contributed by atoms with E-state index in [2.05, 4.69) is 11.4 Å². The number of allylic oxidation sites excluding steroid dienone is 1. The molecule has 0 aromatic heterocycles. The number of para-hydroxylation sites is 1. The van der Waals surface area contributed by atoms with Crippen LogP contribution in [0.3, 0.4) is 0 Å². The van der Waals surface area contributed by atoms with Crippen LogP contribution in [0.2, 0.25) is 5.02 Å². The predicted octanol–water partition coefficient (Wildman–Crippen LogP) is 4.70. The van der Waals surface area contributed by atoms with Crippen LogP contribution >= 0.6 is 11.6 Å². The molecule has 1 atom stereocenters. The Labute approximate surface area is 197 Å². The number of nitrogens with one attached hydrogen (secondary N) is 1. The van der Waals surface area contributed by atoms with Gasteiger partial charge in [-0.2, -0.15) is 5.26 Å². The van der Waals surface area contributed by atoms with Crippen LogP contribution in [0.4, 0.5) is 11.4 Å². The summed E-state index contributed by atoms with van der Waals surface area (Å²) >= 11 is 6.54. The van der Waals surface area contributed by atoms with Crippen LogP contribution in [0, 0.1) is 23.7 Å². The van der Waals surface area contributed by atoms with E-state index in [0.717, 1.165) is 5.56 Å². The van der Waals surface area contributed by atoms with Crippen molar-refractivity contribution in [2.75, 3.05) is 10.2 Å². The van der Waals surface area contributed by atoms with Crippen molar-refractivity contribution in [2.45, 2.75) is 39.0 Å². The summed E-state index contributed by atoms with van der Waals surface area (Å²) < 4.78 is 0. The highest BCUT2D eigenvalue weighted by molar-refractivity contribution is 6.33. The van der Waals surface area contributed by atoms with Crippen LogP contribution in [-0.4, -0.2) is 11.7 Å². The number of hydrogen-bond donors (Lipinski definition) is 2. The third kappa shape index (κ3) is 2.79. The van der Waals surface area contributed by atoms with Gasteiger partial charge in [-0.05, 0) is 37.0 Å². The van der Waals surface area contributed by atoms with Crippen LogP contribution in [-0.2, 0) is 15.0 Å². The number of nitrogens with zero attached hydrogens (tertiary/aromatic N) is 2. The second-order valence-electron chi connectivity index (χ2n) is 9.67. The number of rotatable bonds is 1. The van der Waals surface area contributed by atoms with Gasteiger partial charge in [0.05, 0.1) is 16.3 Å². The van der Waals surface area contributed by atoms with E-state index in [1.165, 1.54) is 0 Å². The van der Waals surface area contributed by atoms with Crippen molar-refractivity contribution in [1.29, 1.82) is 5.26 Å². The standard InChI is InChI=1S/C26H23ClN4O2/c1-14-8-9-18-15(10-14)26(24(33)30-18)16(13-28)23(29)31(19-7-5-4-6-17(19)27)20-11-25(2,3)12-21(32)22(20)26/h4-10H,11-12,29H2,1-3H3,(H,30,33). The number of halogens is 1. The smallest absolute Gasteiger partial charge is 0.245 e. The first kappa shape index (κ1) is 21.3. The molecular weight excluding hydrogens is 436 g/mol. The monoisotopic (exact) mass is 458 g/mol. The molecule has 3 aliphatic rings. The van der Waals surface area contributed by atoms with Crippen molar-refractivity contribution in [3.8, 4) is 6.07 Å².